The number of fused-ring (bicyclic) bond motifs is 1. The van der Waals surface area contributed by atoms with Crippen molar-refractivity contribution >= 4 is 23.1 Å². The van der Waals surface area contributed by atoms with Crippen molar-refractivity contribution in [2.45, 2.75) is 6.54 Å². The van der Waals surface area contributed by atoms with Gasteiger partial charge in [0.05, 0.1) is 13.7 Å². The first-order valence-electron chi connectivity index (χ1n) is 6.23. The standard InChI is InChI=1S/C13H14N6O2/c1-21-8-5-3-2-4-7(8)6-19-11(20)9-10(18-13(19)15)17-12(14)16-9/h2-5H,6H2,1H3,(H2,15,18)(H3,14,16,17). The molecule has 1 aromatic carbocycles. The number of imidazole rings is 1. The number of methoxy groups -OCH3 is 1. The molecule has 0 aliphatic carbocycles. The number of aromatic amines is 1. The van der Waals surface area contributed by atoms with E-state index < -0.39 is 0 Å². The highest BCUT2D eigenvalue weighted by Gasteiger charge is 2.14. The van der Waals surface area contributed by atoms with Crippen LogP contribution in [0.5, 0.6) is 5.75 Å². The summed E-state index contributed by atoms with van der Waals surface area (Å²) in [7, 11) is 1.57. The van der Waals surface area contributed by atoms with Crippen molar-refractivity contribution in [1.82, 2.24) is 19.5 Å². The van der Waals surface area contributed by atoms with E-state index in [0.717, 1.165) is 5.56 Å². The van der Waals surface area contributed by atoms with Crippen LogP contribution in [0.2, 0.25) is 0 Å². The number of nitrogens with two attached hydrogens (primary N) is 2. The molecule has 8 heteroatoms. The van der Waals surface area contributed by atoms with Crippen molar-refractivity contribution in [2.24, 2.45) is 0 Å². The number of para-hydroxylation sites is 1. The maximum atomic E-state index is 12.4. The predicted molar refractivity (Wildman–Crippen MR) is 79.1 cm³/mol. The van der Waals surface area contributed by atoms with Crippen LogP contribution >= 0.6 is 0 Å². The van der Waals surface area contributed by atoms with Gasteiger partial charge < -0.3 is 21.2 Å². The molecule has 5 N–H and O–H groups in total. The van der Waals surface area contributed by atoms with Crippen LogP contribution in [0.1, 0.15) is 5.56 Å². The second-order valence-corrected chi connectivity index (χ2v) is 4.49. The molecule has 0 radical (unpaired) electrons. The van der Waals surface area contributed by atoms with Crippen molar-refractivity contribution in [1.29, 1.82) is 0 Å². The monoisotopic (exact) mass is 286 g/mol. The summed E-state index contributed by atoms with van der Waals surface area (Å²) in [5.41, 5.74) is 12.3. The molecule has 0 fully saturated rings. The molecule has 2 heterocycles. The lowest BCUT2D eigenvalue weighted by atomic mass is 10.2. The maximum absolute atomic E-state index is 12.4. The SMILES string of the molecule is COc1ccccc1Cn1c(N)nc2nc(N)[nH]c2c1=O. The van der Waals surface area contributed by atoms with Crippen molar-refractivity contribution in [2.75, 3.05) is 18.6 Å². The molecule has 8 nitrogen and oxygen atoms in total. The van der Waals surface area contributed by atoms with Gasteiger partial charge in [-0.2, -0.15) is 9.97 Å². The number of nitrogens with one attached hydrogen (secondary N) is 1. The summed E-state index contributed by atoms with van der Waals surface area (Å²) >= 11 is 0. The van der Waals surface area contributed by atoms with Gasteiger partial charge >= 0.3 is 0 Å². The summed E-state index contributed by atoms with van der Waals surface area (Å²) in [4.78, 5) is 23.1. The zero-order chi connectivity index (χ0) is 15.0. The maximum Gasteiger partial charge on any atom is 0.281 e. The Hall–Kier alpha value is -3.03. The molecule has 0 atom stereocenters. The van der Waals surface area contributed by atoms with Gasteiger partial charge in [0, 0.05) is 5.56 Å². The van der Waals surface area contributed by atoms with Crippen LogP contribution in [0.3, 0.4) is 0 Å². The highest BCUT2D eigenvalue weighted by Crippen LogP contribution is 2.19. The molecule has 0 saturated heterocycles. The van der Waals surface area contributed by atoms with Crippen molar-refractivity contribution in [3.63, 3.8) is 0 Å². The van der Waals surface area contributed by atoms with Crippen molar-refractivity contribution < 1.29 is 4.74 Å². The number of hydrogen-bond acceptors (Lipinski definition) is 6. The summed E-state index contributed by atoms with van der Waals surface area (Å²) < 4.78 is 6.62. The minimum atomic E-state index is -0.326. The largest absolute Gasteiger partial charge is 0.496 e. The van der Waals surface area contributed by atoms with Crippen molar-refractivity contribution in [3.05, 3.63) is 40.2 Å². The van der Waals surface area contributed by atoms with Gasteiger partial charge in [0.15, 0.2) is 17.1 Å². The van der Waals surface area contributed by atoms with E-state index in [0.29, 0.717) is 5.75 Å². The van der Waals surface area contributed by atoms with Crippen LogP contribution in [0, 0.1) is 0 Å². The normalized spacial score (nSPS) is 10.9. The molecule has 108 valence electrons. The number of ether oxygens (including phenoxy) is 1. The summed E-state index contributed by atoms with van der Waals surface area (Å²) in [6.07, 6.45) is 0. The molecule has 0 amide bonds. The van der Waals surface area contributed by atoms with E-state index in [1.165, 1.54) is 4.57 Å². The van der Waals surface area contributed by atoms with E-state index in [1.54, 1.807) is 7.11 Å². The highest BCUT2D eigenvalue weighted by molar-refractivity contribution is 5.72. The van der Waals surface area contributed by atoms with E-state index >= 15 is 0 Å². The summed E-state index contributed by atoms with van der Waals surface area (Å²) in [6, 6.07) is 7.39. The Morgan fingerprint density at radius 1 is 1.29 bits per heavy atom. The Kier molecular flexibility index (Phi) is 2.98. The van der Waals surface area contributed by atoms with Crippen LogP contribution in [-0.2, 0) is 6.54 Å². The van der Waals surface area contributed by atoms with E-state index in [2.05, 4.69) is 15.0 Å². The Balaban J connectivity index is 2.14. The molecule has 3 aromatic rings. The number of hydrogen-bond donors (Lipinski definition) is 3. The van der Waals surface area contributed by atoms with Crippen LogP contribution in [0.25, 0.3) is 11.2 Å². The minimum Gasteiger partial charge on any atom is -0.496 e. The number of rotatable bonds is 3. The zero-order valence-electron chi connectivity index (χ0n) is 11.3. The third kappa shape index (κ3) is 2.16. The molecule has 0 spiro atoms. The summed E-state index contributed by atoms with van der Waals surface area (Å²) in [6.45, 7) is 0.247. The average molecular weight is 286 g/mol. The third-order valence-electron chi connectivity index (χ3n) is 3.18. The fourth-order valence-electron chi connectivity index (χ4n) is 2.18. The fourth-order valence-corrected chi connectivity index (χ4v) is 2.18. The first kappa shape index (κ1) is 13.0. The summed E-state index contributed by atoms with van der Waals surface area (Å²) in [5, 5.41) is 0. The number of H-pyrrole nitrogens is 1. The lowest BCUT2D eigenvalue weighted by Gasteiger charge is -2.11. The van der Waals surface area contributed by atoms with Gasteiger partial charge in [-0.05, 0) is 6.07 Å². The van der Waals surface area contributed by atoms with Gasteiger partial charge in [0.1, 0.15) is 5.75 Å². The number of aromatic nitrogens is 4. The lowest BCUT2D eigenvalue weighted by molar-refractivity contribution is 0.408. The van der Waals surface area contributed by atoms with Gasteiger partial charge in [-0.3, -0.25) is 9.36 Å². The highest BCUT2D eigenvalue weighted by atomic mass is 16.5. The molecular formula is C13H14N6O2. The predicted octanol–water partition coefficient (Wildman–Crippen LogP) is 0.341. The number of anilines is 2. The molecular weight excluding hydrogens is 272 g/mol. The Labute approximate surface area is 119 Å². The minimum absolute atomic E-state index is 0.0740. The topological polar surface area (TPSA) is 125 Å². The first-order chi connectivity index (χ1) is 10.1. The summed E-state index contributed by atoms with van der Waals surface area (Å²) in [5.74, 6) is 0.877. The third-order valence-corrected chi connectivity index (χ3v) is 3.18. The van der Waals surface area contributed by atoms with Gasteiger partial charge in [0.25, 0.3) is 5.56 Å². The number of nitrogen functional groups attached to an aromatic ring is 2. The smallest absolute Gasteiger partial charge is 0.281 e. The molecule has 0 saturated carbocycles. The average Bonchev–Trinajstić information content (AvgIpc) is 2.84. The second-order valence-electron chi connectivity index (χ2n) is 4.49. The Morgan fingerprint density at radius 2 is 2.05 bits per heavy atom. The van der Waals surface area contributed by atoms with Crippen LogP contribution in [0.4, 0.5) is 11.9 Å². The van der Waals surface area contributed by atoms with Gasteiger partial charge in [0.2, 0.25) is 5.95 Å². The van der Waals surface area contributed by atoms with E-state index in [-0.39, 0.29) is 35.2 Å². The Morgan fingerprint density at radius 3 is 2.81 bits per heavy atom. The van der Waals surface area contributed by atoms with Gasteiger partial charge in [-0.15, -0.1) is 0 Å². The molecule has 0 aliphatic rings. The van der Waals surface area contributed by atoms with Crippen LogP contribution < -0.4 is 21.8 Å². The number of nitrogens with zero attached hydrogens (tertiary/aromatic N) is 3. The molecule has 0 unspecified atom stereocenters. The zero-order valence-corrected chi connectivity index (χ0v) is 11.3. The first-order valence-corrected chi connectivity index (χ1v) is 6.23. The molecule has 3 rings (SSSR count). The van der Waals surface area contributed by atoms with Crippen molar-refractivity contribution in [3.8, 4) is 5.75 Å². The second kappa shape index (κ2) is 4.82. The van der Waals surface area contributed by atoms with Gasteiger partial charge in [-0.1, -0.05) is 18.2 Å². The lowest BCUT2D eigenvalue weighted by Crippen LogP contribution is -2.25. The number of benzene rings is 1. The molecule has 21 heavy (non-hydrogen) atoms. The van der Waals surface area contributed by atoms with Gasteiger partial charge in [-0.25, -0.2) is 0 Å². The fraction of sp³-hybridized carbons (Fsp3) is 0.154. The molecule has 0 bridgehead atoms. The van der Waals surface area contributed by atoms with Crippen LogP contribution in [0.15, 0.2) is 29.1 Å². The van der Waals surface area contributed by atoms with E-state index in [4.69, 9.17) is 16.2 Å². The van der Waals surface area contributed by atoms with Crippen LogP contribution in [-0.4, -0.2) is 26.6 Å². The molecule has 0 aliphatic heterocycles. The quantitative estimate of drug-likeness (QED) is 0.637. The Bertz CT molecular complexity index is 867. The van der Waals surface area contributed by atoms with E-state index in [9.17, 15) is 4.79 Å². The van der Waals surface area contributed by atoms with E-state index in [1.807, 2.05) is 24.3 Å². The molecule has 2 aromatic heterocycles.